The Hall–Kier alpha value is -1.06. The highest BCUT2D eigenvalue weighted by Crippen LogP contribution is 2.38. The molecule has 0 amide bonds. The molecule has 0 aromatic carbocycles. The minimum Gasteiger partial charge on any atom is -0.481 e. The molecule has 0 aliphatic rings. The van der Waals surface area contributed by atoms with Crippen LogP contribution in [0.4, 0.5) is 0 Å². The maximum Gasteiger partial charge on any atom is 0.309 e. The van der Waals surface area contributed by atoms with Crippen LogP contribution in [-0.4, -0.2) is 22.2 Å². The van der Waals surface area contributed by atoms with Gasteiger partial charge in [0, 0.05) is 6.42 Å². The molecular formula is C28H54O4. The van der Waals surface area contributed by atoms with Crippen molar-refractivity contribution in [3.8, 4) is 0 Å². The number of aliphatic carboxylic acids is 2. The van der Waals surface area contributed by atoms with E-state index < -0.39 is 17.4 Å². The van der Waals surface area contributed by atoms with E-state index in [2.05, 4.69) is 27.7 Å². The van der Waals surface area contributed by atoms with Gasteiger partial charge in [-0.3, -0.25) is 9.59 Å². The molecule has 4 nitrogen and oxygen atoms in total. The van der Waals surface area contributed by atoms with E-state index in [4.69, 9.17) is 5.11 Å². The predicted octanol–water partition coefficient (Wildman–Crippen LogP) is 8.87. The average Bonchev–Trinajstić information content (AvgIpc) is 2.70. The van der Waals surface area contributed by atoms with Crippen molar-refractivity contribution < 1.29 is 19.8 Å². The molecule has 0 aromatic heterocycles. The number of unbranched alkanes of at least 4 members (excludes halogenated alkanes) is 10. The quantitative estimate of drug-likeness (QED) is 0.151. The molecule has 0 rings (SSSR count). The zero-order valence-electron chi connectivity index (χ0n) is 21.8. The topological polar surface area (TPSA) is 74.6 Å². The van der Waals surface area contributed by atoms with Crippen molar-refractivity contribution in [2.45, 2.75) is 150 Å². The second-order valence-electron chi connectivity index (χ2n) is 10.9. The van der Waals surface area contributed by atoms with E-state index in [1.165, 1.54) is 25.7 Å². The molecule has 0 heterocycles. The molecule has 0 saturated carbocycles. The SMILES string of the molecule is CC(C)CCCCCC(CCCCCCCCCC(=O)O)(CCCCCC(C)C)C(=O)O. The zero-order valence-corrected chi connectivity index (χ0v) is 21.8. The van der Waals surface area contributed by atoms with Crippen molar-refractivity contribution in [2.75, 3.05) is 0 Å². The first-order valence-corrected chi connectivity index (χ1v) is 13.6. The summed E-state index contributed by atoms with van der Waals surface area (Å²) in [4.78, 5) is 23.0. The van der Waals surface area contributed by atoms with Gasteiger partial charge in [-0.05, 0) is 37.5 Å². The number of carboxylic acid groups (broad SMARTS) is 2. The Morgan fingerprint density at radius 3 is 1.25 bits per heavy atom. The average molecular weight is 455 g/mol. The van der Waals surface area contributed by atoms with Gasteiger partial charge in [-0.15, -0.1) is 0 Å². The Morgan fingerprint density at radius 1 is 0.562 bits per heavy atom. The lowest BCUT2D eigenvalue weighted by Gasteiger charge is -2.30. The molecule has 2 N–H and O–H groups in total. The Labute approximate surface area is 199 Å². The molecule has 0 unspecified atom stereocenters. The lowest BCUT2D eigenvalue weighted by Crippen LogP contribution is -2.31. The normalized spacial score (nSPS) is 12.1. The van der Waals surface area contributed by atoms with Crippen molar-refractivity contribution in [1.82, 2.24) is 0 Å². The number of rotatable bonds is 23. The molecule has 0 fully saturated rings. The van der Waals surface area contributed by atoms with Crippen LogP contribution in [0.3, 0.4) is 0 Å². The van der Waals surface area contributed by atoms with Crippen LogP contribution in [0.25, 0.3) is 0 Å². The summed E-state index contributed by atoms with van der Waals surface area (Å²) in [5, 5.41) is 18.9. The Morgan fingerprint density at radius 2 is 0.906 bits per heavy atom. The third-order valence-corrected chi connectivity index (χ3v) is 6.87. The van der Waals surface area contributed by atoms with Crippen LogP contribution in [0.15, 0.2) is 0 Å². The summed E-state index contributed by atoms with van der Waals surface area (Å²) in [6.45, 7) is 9.02. The zero-order chi connectivity index (χ0) is 24.2. The van der Waals surface area contributed by atoms with Crippen molar-refractivity contribution in [1.29, 1.82) is 0 Å². The largest absolute Gasteiger partial charge is 0.481 e. The molecule has 0 aromatic rings. The first-order chi connectivity index (χ1) is 15.2. The first kappa shape index (κ1) is 30.9. The molecule has 0 spiro atoms. The van der Waals surface area contributed by atoms with Crippen LogP contribution in [0, 0.1) is 17.3 Å². The summed E-state index contributed by atoms with van der Waals surface area (Å²) in [6.07, 6.45) is 19.2. The minimum absolute atomic E-state index is 0.273. The summed E-state index contributed by atoms with van der Waals surface area (Å²) in [5.41, 5.74) is -0.531. The highest BCUT2D eigenvalue weighted by molar-refractivity contribution is 5.74. The van der Waals surface area contributed by atoms with Gasteiger partial charge in [0.2, 0.25) is 0 Å². The van der Waals surface area contributed by atoms with Crippen molar-refractivity contribution >= 4 is 11.9 Å². The van der Waals surface area contributed by atoms with Gasteiger partial charge in [-0.25, -0.2) is 0 Å². The summed E-state index contributed by atoms with van der Waals surface area (Å²) < 4.78 is 0. The maximum absolute atomic E-state index is 12.4. The standard InChI is InChI=1S/C28H54O4/c1-24(2)18-12-10-16-22-28(27(31)32,23-17-11-13-19-25(3)4)21-15-9-7-5-6-8-14-20-26(29)30/h24-25H,5-23H2,1-4H3,(H,29,30)(H,31,32). The summed E-state index contributed by atoms with van der Waals surface area (Å²) >= 11 is 0. The van der Waals surface area contributed by atoms with E-state index in [0.29, 0.717) is 0 Å². The molecule has 0 bridgehead atoms. The molecule has 0 aliphatic carbocycles. The minimum atomic E-state index is -0.705. The molecule has 32 heavy (non-hydrogen) atoms. The molecule has 0 radical (unpaired) electrons. The molecule has 0 atom stereocenters. The number of hydrogen-bond acceptors (Lipinski definition) is 2. The van der Waals surface area contributed by atoms with E-state index in [9.17, 15) is 14.7 Å². The van der Waals surface area contributed by atoms with Gasteiger partial charge >= 0.3 is 11.9 Å². The van der Waals surface area contributed by atoms with Crippen LogP contribution in [-0.2, 0) is 9.59 Å². The monoisotopic (exact) mass is 454 g/mol. The van der Waals surface area contributed by atoms with Crippen molar-refractivity contribution in [3.63, 3.8) is 0 Å². The lowest BCUT2D eigenvalue weighted by atomic mass is 9.74. The van der Waals surface area contributed by atoms with E-state index >= 15 is 0 Å². The molecule has 0 aliphatic heterocycles. The first-order valence-electron chi connectivity index (χ1n) is 13.6. The van der Waals surface area contributed by atoms with Crippen LogP contribution < -0.4 is 0 Å². The van der Waals surface area contributed by atoms with Crippen LogP contribution in [0.2, 0.25) is 0 Å². The van der Waals surface area contributed by atoms with Crippen molar-refractivity contribution in [2.24, 2.45) is 17.3 Å². The molecular weight excluding hydrogens is 400 g/mol. The fourth-order valence-electron chi connectivity index (χ4n) is 4.70. The predicted molar refractivity (Wildman–Crippen MR) is 135 cm³/mol. The number of carboxylic acids is 2. The molecule has 4 heteroatoms. The van der Waals surface area contributed by atoms with Gasteiger partial charge in [0.25, 0.3) is 0 Å². The van der Waals surface area contributed by atoms with E-state index in [1.807, 2.05) is 0 Å². The van der Waals surface area contributed by atoms with Gasteiger partial charge in [0.15, 0.2) is 0 Å². The summed E-state index contributed by atoms with van der Waals surface area (Å²) in [7, 11) is 0. The highest BCUT2D eigenvalue weighted by atomic mass is 16.4. The third-order valence-electron chi connectivity index (χ3n) is 6.87. The van der Waals surface area contributed by atoms with Gasteiger partial charge in [0.05, 0.1) is 5.41 Å². The Bertz CT molecular complexity index is 452. The van der Waals surface area contributed by atoms with E-state index in [1.54, 1.807) is 0 Å². The van der Waals surface area contributed by atoms with Crippen molar-refractivity contribution in [3.05, 3.63) is 0 Å². The third kappa shape index (κ3) is 17.5. The van der Waals surface area contributed by atoms with E-state index in [-0.39, 0.29) is 6.42 Å². The van der Waals surface area contributed by atoms with Crippen LogP contribution >= 0.6 is 0 Å². The fraction of sp³-hybridized carbons (Fsp3) is 0.929. The number of hydrogen-bond donors (Lipinski definition) is 2. The second-order valence-corrected chi connectivity index (χ2v) is 10.9. The molecule has 190 valence electrons. The Balaban J connectivity index is 4.46. The smallest absolute Gasteiger partial charge is 0.309 e. The number of carbonyl (C=O) groups is 2. The lowest BCUT2D eigenvalue weighted by molar-refractivity contribution is -0.151. The summed E-state index contributed by atoms with van der Waals surface area (Å²) in [5.74, 6) is 0.177. The van der Waals surface area contributed by atoms with Gasteiger partial charge in [0.1, 0.15) is 0 Å². The van der Waals surface area contributed by atoms with Crippen LogP contribution in [0.1, 0.15) is 150 Å². The fourth-order valence-corrected chi connectivity index (χ4v) is 4.70. The second kappa shape index (κ2) is 19.4. The Kier molecular flexibility index (Phi) is 18.8. The van der Waals surface area contributed by atoms with Gasteiger partial charge < -0.3 is 10.2 Å². The van der Waals surface area contributed by atoms with Gasteiger partial charge in [-0.1, -0.05) is 118 Å². The van der Waals surface area contributed by atoms with Gasteiger partial charge in [-0.2, -0.15) is 0 Å². The van der Waals surface area contributed by atoms with E-state index in [0.717, 1.165) is 102 Å². The highest BCUT2D eigenvalue weighted by Gasteiger charge is 2.36. The summed E-state index contributed by atoms with van der Waals surface area (Å²) in [6, 6.07) is 0. The van der Waals surface area contributed by atoms with Crippen LogP contribution in [0.5, 0.6) is 0 Å². The molecule has 0 saturated heterocycles. The maximum atomic E-state index is 12.4.